The van der Waals surface area contributed by atoms with Crippen molar-refractivity contribution < 1.29 is 9.90 Å². The first-order valence-corrected chi connectivity index (χ1v) is 7.51. The predicted octanol–water partition coefficient (Wildman–Crippen LogP) is 3.83. The van der Waals surface area contributed by atoms with Gasteiger partial charge in [0.05, 0.1) is 23.2 Å². The molecule has 0 atom stereocenters. The van der Waals surface area contributed by atoms with Gasteiger partial charge in [-0.3, -0.25) is 4.79 Å². The number of anilines is 1. The quantitative estimate of drug-likeness (QED) is 0.918. The van der Waals surface area contributed by atoms with Gasteiger partial charge in [-0.15, -0.1) is 0 Å². The van der Waals surface area contributed by atoms with Gasteiger partial charge in [0, 0.05) is 12.1 Å². The van der Waals surface area contributed by atoms with Crippen LogP contribution in [0.5, 0.6) is 0 Å². The van der Waals surface area contributed by atoms with Crippen molar-refractivity contribution in [2.75, 3.05) is 11.9 Å². The molecule has 0 spiro atoms. The molecule has 0 saturated heterocycles. The van der Waals surface area contributed by atoms with Gasteiger partial charge >= 0.3 is 5.97 Å². The van der Waals surface area contributed by atoms with Crippen LogP contribution >= 0.6 is 11.6 Å². The molecule has 0 aliphatic heterocycles. The van der Waals surface area contributed by atoms with Crippen LogP contribution in [0.25, 0.3) is 0 Å². The molecule has 1 aromatic rings. The fourth-order valence-corrected chi connectivity index (χ4v) is 3.42. The highest BCUT2D eigenvalue weighted by molar-refractivity contribution is 6.30. The molecule has 0 unspecified atom stereocenters. The van der Waals surface area contributed by atoms with E-state index < -0.39 is 11.5 Å². The smallest absolute Gasteiger partial charge is 0.305 e. The highest BCUT2D eigenvalue weighted by atomic mass is 35.5. The van der Waals surface area contributed by atoms with E-state index >= 15 is 0 Å². The molecule has 21 heavy (non-hydrogen) atoms. The van der Waals surface area contributed by atoms with E-state index in [4.69, 9.17) is 11.6 Å². The first-order chi connectivity index (χ1) is 9.98. The topological polar surface area (TPSA) is 64.3 Å². The molecule has 2 rings (SSSR count). The van der Waals surface area contributed by atoms with Crippen molar-refractivity contribution in [3.63, 3.8) is 0 Å². The number of hydrogen-bond donors (Lipinski definition) is 1. The molecular weight excluding hydrogens is 288 g/mol. The van der Waals surface area contributed by atoms with Gasteiger partial charge < -0.3 is 10.0 Å². The first-order valence-electron chi connectivity index (χ1n) is 7.14. The lowest BCUT2D eigenvalue weighted by Crippen LogP contribution is -2.50. The summed E-state index contributed by atoms with van der Waals surface area (Å²) in [6.07, 6.45) is 4.90. The average Bonchev–Trinajstić information content (AvgIpc) is 2.46. The van der Waals surface area contributed by atoms with Crippen molar-refractivity contribution in [3.05, 3.63) is 28.8 Å². The zero-order valence-electron chi connectivity index (χ0n) is 12.1. The molecule has 1 saturated carbocycles. The van der Waals surface area contributed by atoms with E-state index in [2.05, 4.69) is 6.07 Å². The third kappa shape index (κ3) is 3.30. The molecule has 5 heteroatoms. The molecule has 0 heterocycles. The highest BCUT2D eigenvalue weighted by Gasteiger charge is 2.39. The van der Waals surface area contributed by atoms with E-state index in [0.717, 1.165) is 32.1 Å². The normalized spacial score (nSPS) is 17.0. The number of carboxylic acid groups (broad SMARTS) is 1. The molecule has 112 valence electrons. The molecule has 0 bridgehead atoms. The van der Waals surface area contributed by atoms with E-state index in [-0.39, 0.29) is 6.42 Å². The standard InChI is InChI=1S/C16H19ClN2O2/c1-19(14-9-13(17)6-5-12(14)11-18)16(10-15(20)21)7-3-2-4-8-16/h5-6,9H,2-4,7-8,10H2,1H3,(H,20,21). The summed E-state index contributed by atoms with van der Waals surface area (Å²) in [4.78, 5) is 13.3. The fourth-order valence-electron chi connectivity index (χ4n) is 3.25. The Balaban J connectivity index is 2.43. The zero-order valence-corrected chi connectivity index (χ0v) is 12.9. The zero-order chi connectivity index (χ0) is 15.5. The lowest BCUT2D eigenvalue weighted by molar-refractivity contribution is -0.138. The number of benzene rings is 1. The molecule has 4 nitrogen and oxygen atoms in total. The van der Waals surface area contributed by atoms with Crippen LogP contribution in [0.4, 0.5) is 5.69 Å². The minimum atomic E-state index is -0.802. The molecule has 1 aromatic carbocycles. The summed E-state index contributed by atoms with van der Waals surface area (Å²) >= 11 is 6.06. The van der Waals surface area contributed by atoms with E-state index in [1.807, 2.05) is 11.9 Å². The van der Waals surface area contributed by atoms with Gasteiger partial charge in [-0.25, -0.2) is 0 Å². The molecule has 1 fully saturated rings. The third-order valence-corrected chi connectivity index (χ3v) is 4.65. The van der Waals surface area contributed by atoms with Crippen molar-refractivity contribution >= 4 is 23.3 Å². The monoisotopic (exact) mass is 306 g/mol. The Morgan fingerprint density at radius 1 is 1.43 bits per heavy atom. The first kappa shape index (κ1) is 15.7. The van der Waals surface area contributed by atoms with E-state index in [0.29, 0.717) is 16.3 Å². The van der Waals surface area contributed by atoms with Gasteiger partial charge in [0.25, 0.3) is 0 Å². The minimum absolute atomic E-state index is 0.0842. The molecule has 0 amide bonds. The average molecular weight is 307 g/mol. The Bertz CT molecular complexity index is 574. The molecule has 1 N–H and O–H groups in total. The number of aliphatic carboxylic acids is 1. The van der Waals surface area contributed by atoms with Crippen LogP contribution in [-0.2, 0) is 4.79 Å². The fraction of sp³-hybridized carbons (Fsp3) is 0.500. The van der Waals surface area contributed by atoms with E-state index in [9.17, 15) is 15.2 Å². The minimum Gasteiger partial charge on any atom is -0.481 e. The van der Waals surface area contributed by atoms with Crippen LogP contribution in [0.1, 0.15) is 44.1 Å². The Kier molecular flexibility index (Phi) is 4.74. The van der Waals surface area contributed by atoms with Crippen LogP contribution < -0.4 is 4.90 Å². The number of nitriles is 1. The van der Waals surface area contributed by atoms with Crippen molar-refractivity contribution in [1.29, 1.82) is 5.26 Å². The van der Waals surface area contributed by atoms with Crippen molar-refractivity contribution in [3.8, 4) is 6.07 Å². The number of carboxylic acids is 1. The maximum Gasteiger partial charge on any atom is 0.305 e. The summed E-state index contributed by atoms with van der Waals surface area (Å²) in [6, 6.07) is 7.28. The maximum atomic E-state index is 11.3. The van der Waals surface area contributed by atoms with Crippen LogP contribution in [-0.4, -0.2) is 23.7 Å². The lowest BCUT2D eigenvalue weighted by Gasteiger charge is -2.45. The largest absolute Gasteiger partial charge is 0.481 e. The van der Waals surface area contributed by atoms with Gasteiger partial charge in [-0.2, -0.15) is 5.26 Å². The lowest BCUT2D eigenvalue weighted by atomic mass is 9.77. The number of carbonyl (C=O) groups is 1. The summed E-state index contributed by atoms with van der Waals surface area (Å²) in [5, 5.41) is 19.1. The van der Waals surface area contributed by atoms with Gasteiger partial charge in [-0.1, -0.05) is 30.9 Å². The van der Waals surface area contributed by atoms with Crippen molar-refractivity contribution in [2.24, 2.45) is 0 Å². The SMILES string of the molecule is CN(c1cc(Cl)ccc1C#N)C1(CC(=O)O)CCCCC1. The molecular formula is C16H19ClN2O2. The molecule has 1 aliphatic rings. The second-order valence-corrected chi connectivity index (χ2v) is 6.12. The van der Waals surface area contributed by atoms with Gasteiger partial charge in [0.15, 0.2) is 0 Å². The summed E-state index contributed by atoms with van der Waals surface area (Å²) in [5.74, 6) is -0.802. The summed E-state index contributed by atoms with van der Waals surface area (Å²) in [5.41, 5.74) is 0.811. The maximum absolute atomic E-state index is 11.3. The Morgan fingerprint density at radius 3 is 2.67 bits per heavy atom. The van der Waals surface area contributed by atoms with Gasteiger partial charge in [0.1, 0.15) is 6.07 Å². The summed E-state index contributed by atoms with van der Waals surface area (Å²) in [7, 11) is 1.88. The van der Waals surface area contributed by atoms with Crippen LogP contribution in [0.2, 0.25) is 5.02 Å². The predicted molar refractivity (Wildman–Crippen MR) is 82.6 cm³/mol. The van der Waals surface area contributed by atoms with Gasteiger partial charge in [0.2, 0.25) is 0 Å². The number of halogens is 1. The molecule has 0 aromatic heterocycles. The van der Waals surface area contributed by atoms with Gasteiger partial charge in [-0.05, 0) is 31.0 Å². The second-order valence-electron chi connectivity index (χ2n) is 5.69. The van der Waals surface area contributed by atoms with Crippen LogP contribution in [0.15, 0.2) is 18.2 Å². The molecule has 0 radical (unpaired) electrons. The Labute approximate surface area is 129 Å². The van der Waals surface area contributed by atoms with Crippen molar-refractivity contribution in [2.45, 2.75) is 44.1 Å². The van der Waals surface area contributed by atoms with E-state index in [1.54, 1.807) is 18.2 Å². The number of hydrogen-bond acceptors (Lipinski definition) is 3. The number of rotatable bonds is 4. The molecule has 1 aliphatic carbocycles. The number of nitrogens with zero attached hydrogens (tertiary/aromatic N) is 2. The Hall–Kier alpha value is -1.73. The van der Waals surface area contributed by atoms with E-state index in [1.165, 1.54) is 0 Å². The van der Waals surface area contributed by atoms with Crippen molar-refractivity contribution in [1.82, 2.24) is 0 Å². The second kappa shape index (κ2) is 6.36. The third-order valence-electron chi connectivity index (χ3n) is 4.42. The summed E-state index contributed by atoms with van der Waals surface area (Å²) < 4.78 is 0. The van der Waals surface area contributed by atoms with Crippen LogP contribution in [0.3, 0.4) is 0 Å². The van der Waals surface area contributed by atoms with Crippen LogP contribution in [0, 0.1) is 11.3 Å². The Morgan fingerprint density at radius 2 is 2.10 bits per heavy atom. The summed E-state index contributed by atoms with van der Waals surface area (Å²) in [6.45, 7) is 0. The highest BCUT2D eigenvalue weighted by Crippen LogP contribution is 2.40.